The van der Waals surface area contributed by atoms with Crippen LogP contribution in [-0.4, -0.2) is 54.4 Å². The fourth-order valence-corrected chi connectivity index (χ4v) is 5.28. The van der Waals surface area contributed by atoms with E-state index in [9.17, 15) is 23.1 Å². The number of nitrogens with zero attached hydrogens (tertiary/aromatic N) is 1. The Hall–Kier alpha value is -1.97. The number of amides is 2. The van der Waals surface area contributed by atoms with Crippen LogP contribution in [0.2, 0.25) is 0 Å². The minimum atomic E-state index is -3.72. The molecule has 1 aliphatic heterocycles. The van der Waals surface area contributed by atoms with E-state index < -0.39 is 33.5 Å². The second kappa shape index (κ2) is 7.57. The molecule has 2 amide bonds. The van der Waals surface area contributed by atoms with Crippen LogP contribution in [0.25, 0.3) is 0 Å². The minimum absolute atomic E-state index is 0.0682. The smallest absolute Gasteiger partial charge is 0.252 e. The van der Waals surface area contributed by atoms with Gasteiger partial charge in [-0.05, 0) is 49.9 Å². The molecule has 148 valence electrons. The van der Waals surface area contributed by atoms with Gasteiger partial charge in [0.1, 0.15) is 5.54 Å². The quantitative estimate of drug-likeness (QED) is 0.663. The zero-order valence-corrected chi connectivity index (χ0v) is 15.9. The number of carbonyl (C=O) groups excluding carboxylic acids is 2. The summed E-state index contributed by atoms with van der Waals surface area (Å²) in [6.07, 6.45) is 3.21. The van der Waals surface area contributed by atoms with E-state index in [2.05, 4.69) is 5.32 Å². The number of benzene rings is 1. The Bertz CT molecular complexity index is 816. The van der Waals surface area contributed by atoms with Crippen LogP contribution in [0.15, 0.2) is 29.2 Å². The monoisotopic (exact) mass is 395 g/mol. The molecule has 1 atom stereocenters. The molecule has 1 aliphatic carbocycles. The van der Waals surface area contributed by atoms with Gasteiger partial charge in [0.25, 0.3) is 5.91 Å². The zero-order valence-electron chi connectivity index (χ0n) is 15.1. The van der Waals surface area contributed by atoms with Crippen LogP contribution in [-0.2, 0) is 14.8 Å². The van der Waals surface area contributed by atoms with Gasteiger partial charge in [0, 0.05) is 18.7 Å². The summed E-state index contributed by atoms with van der Waals surface area (Å²) in [5.74, 6) is -0.996. The Morgan fingerprint density at radius 1 is 1.15 bits per heavy atom. The highest BCUT2D eigenvalue weighted by atomic mass is 32.2. The molecule has 1 saturated carbocycles. The molecule has 1 aromatic rings. The molecule has 1 saturated heterocycles. The summed E-state index contributed by atoms with van der Waals surface area (Å²) in [6.45, 7) is 0.439. The van der Waals surface area contributed by atoms with Gasteiger partial charge in [0.05, 0.1) is 11.0 Å². The van der Waals surface area contributed by atoms with Crippen molar-refractivity contribution in [3.63, 3.8) is 0 Å². The molecule has 9 heteroatoms. The first-order valence-electron chi connectivity index (χ1n) is 9.15. The first kappa shape index (κ1) is 19.8. The number of rotatable bonds is 5. The van der Waals surface area contributed by atoms with E-state index in [0.717, 1.165) is 12.8 Å². The Balaban J connectivity index is 1.75. The van der Waals surface area contributed by atoms with Crippen molar-refractivity contribution < 1.29 is 23.1 Å². The standard InChI is InChI=1S/C18H25N3O5S/c19-17(24)18(9-1-2-10-18)20-16(23)13-5-7-15(8-6-13)27(25,26)21-11-3-4-14(22)12-21/h5-8,14,22H,1-4,9-12H2,(H2,19,24)(H,20,23). The number of sulfonamides is 1. The van der Waals surface area contributed by atoms with E-state index in [4.69, 9.17) is 5.73 Å². The van der Waals surface area contributed by atoms with E-state index in [1.807, 2.05) is 0 Å². The second-order valence-corrected chi connectivity index (χ2v) is 9.23. The number of β-amino-alcohol motifs (C(OH)–C–C–N with tert-alkyl or cyclic N) is 1. The van der Waals surface area contributed by atoms with Crippen molar-refractivity contribution >= 4 is 21.8 Å². The summed E-state index contributed by atoms with van der Waals surface area (Å²) in [5, 5.41) is 12.4. The Morgan fingerprint density at radius 3 is 2.33 bits per heavy atom. The molecule has 0 aromatic heterocycles. The van der Waals surface area contributed by atoms with E-state index >= 15 is 0 Å². The maximum atomic E-state index is 12.7. The molecule has 2 aliphatic rings. The second-order valence-electron chi connectivity index (χ2n) is 7.29. The van der Waals surface area contributed by atoms with Crippen LogP contribution < -0.4 is 11.1 Å². The van der Waals surface area contributed by atoms with E-state index in [1.165, 1.54) is 28.6 Å². The molecule has 0 radical (unpaired) electrons. The predicted molar refractivity (Wildman–Crippen MR) is 98.3 cm³/mol. The van der Waals surface area contributed by atoms with Crippen molar-refractivity contribution in [2.75, 3.05) is 13.1 Å². The number of hydrogen-bond donors (Lipinski definition) is 3. The van der Waals surface area contributed by atoms with Gasteiger partial charge in [-0.15, -0.1) is 0 Å². The Morgan fingerprint density at radius 2 is 1.78 bits per heavy atom. The Labute approximate surface area is 158 Å². The van der Waals surface area contributed by atoms with Crippen molar-refractivity contribution in [3.05, 3.63) is 29.8 Å². The fourth-order valence-electron chi connectivity index (χ4n) is 3.77. The first-order valence-corrected chi connectivity index (χ1v) is 10.6. The highest BCUT2D eigenvalue weighted by molar-refractivity contribution is 7.89. The summed E-state index contributed by atoms with van der Waals surface area (Å²) in [6, 6.07) is 5.59. The third-order valence-corrected chi connectivity index (χ3v) is 7.27. The highest BCUT2D eigenvalue weighted by Crippen LogP contribution is 2.30. The largest absolute Gasteiger partial charge is 0.392 e. The number of nitrogens with one attached hydrogen (secondary N) is 1. The van der Waals surface area contributed by atoms with Gasteiger partial charge in [0.15, 0.2) is 0 Å². The molecule has 0 bridgehead atoms. The average Bonchev–Trinajstić information content (AvgIpc) is 3.12. The molecule has 3 rings (SSSR count). The molecule has 27 heavy (non-hydrogen) atoms. The average molecular weight is 395 g/mol. The zero-order chi connectivity index (χ0) is 19.7. The summed E-state index contributed by atoms with van der Waals surface area (Å²) in [5.41, 5.74) is 4.72. The fraction of sp³-hybridized carbons (Fsp3) is 0.556. The number of aliphatic hydroxyl groups excluding tert-OH is 1. The van der Waals surface area contributed by atoms with Gasteiger partial charge < -0.3 is 16.2 Å². The summed E-state index contributed by atoms with van der Waals surface area (Å²) in [4.78, 5) is 24.4. The van der Waals surface area contributed by atoms with E-state index in [0.29, 0.717) is 32.2 Å². The number of carbonyl (C=O) groups is 2. The van der Waals surface area contributed by atoms with Crippen LogP contribution >= 0.6 is 0 Å². The molecule has 0 spiro atoms. The minimum Gasteiger partial charge on any atom is -0.392 e. The van der Waals surface area contributed by atoms with Gasteiger partial charge in [-0.3, -0.25) is 9.59 Å². The van der Waals surface area contributed by atoms with Crippen molar-refractivity contribution in [2.24, 2.45) is 5.73 Å². The Kier molecular flexibility index (Phi) is 5.55. The first-order chi connectivity index (χ1) is 12.7. The lowest BCUT2D eigenvalue weighted by Gasteiger charge is -2.29. The molecular formula is C18H25N3O5S. The molecule has 1 heterocycles. The normalized spacial score (nSPS) is 23.1. The number of piperidine rings is 1. The van der Waals surface area contributed by atoms with Gasteiger partial charge in [-0.1, -0.05) is 12.8 Å². The van der Waals surface area contributed by atoms with E-state index in [1.54, 1.807) is 0 Å². The van der Waals surface area contributed by atoms with Crippen LogP contribution in [0.4, 0.5) is 0 Å². The highest BCUT2D eigenvalue weighted by Gasteiger charge is 2.41. The predicted octanol–water partition coefficient (Wildman–Crippen LogP) is 0.360. The van der Waals surface area contributed by atoms with Gasteiger partial charge in [0.2, 0.25) is 15.9 Å². The van der Waals surface area contributed by atoms with Crippen LogP contribution in [0.3, 0.4) is 0 Å². The number of primary amides is 1. The molecule has 1 aromatic carbocycles. The summed E-state index contributed by atoms with van der Waals surface area (Å²) < 4.78 is 26.6. The van der Waals surface area contributed by atoms with Gasteiger partial charge >= 0.3 is 0 Å². The number of aliphatic hydroxyl groups is 1. The van der Waals surface area contributed by atoms with Crippen LogP contribution in [0.1, 0.15) is 48.9 Å². The van der Waals surface area contributed by atoms with Crippen molar-refractivity contribution in [1.82, 2.24) is 9.62 Å². The lowest BCUT2D eigenvalue weighted by atomic mass is 9.96. The molecular weight excluding hydrogens is 370 g/mol. The molecule has 4 N–H and O–H groups in total. The lowest BCUT2D eigenvalue weighted by Crippen LogP contribution is -2.55. The van der Waals surface area contributed by atoms with Crippen LogP contribution in [0, 0.1) is 0 Å². The number of hydrogen-bond acceptors (Lipinski definition) is 5. The van der Waals surface area contributed by atoms with Crippen molar-refractivity contribution in [3.8, 4) is 0 Å². The van der Waals surface area contributed by atoms with Gasteiger partial charge in [-0.2, -0.15) is 4.31 Å². The third kappa shape index (κ3) is 3.99. The van der Waals surface area contributed by atoms with Crippen molar-refractivity contribution in [1.29, 1.82) is 0 Å². The maximum absolute atomic E-state index is 12.7. The lowest BCUT2D eigenvalue weighted by molar-refractivity contribution is -0.123. The van der Waals surface area contributed by atoms with E-state index in [-0.39, 0.29) is 17.0 Å². The maximum Gasteiger partial charge on any atom is 0.252 e. The van der Waals surface area contributed by atoms with Gasteiger partial charge in [-0.25, -0.2) is 8.42 Å². The summed E-state index contributed by atoms with van der Waals surface area (Å²) in [7, 11) is -3.72. The topological polar surface area (TPSA) is 130 Å². The molecule has 8 nitrogen and oxygen atoms in total. The SMILES string of the molecule is NC(=O)C1(NC(=O)c2ccc(S(=O)(=O)N3CCCC(O)C3)cc2)CCCC1. The molecule has 1 unspecified atom stereocenters. The van der Waals surface area contributed by atoms with Crippen molar-refractivity contribution in [2.45, 2.75) is 55.1 Å². The van der Waals surface area contributed by atoms with Crippen LogP contribution in [0.5, 0.6) is 0 Å². The number of nitrogens with two attached hydrogens (primary N) is 1. The molecule has 2 fully saturated rings. The third-order valence-electron chi connectivity index (χ3n) is 5.40. The summed E-state index contributed by atoms with van der Waals surface area (Å²) >= 11 is 0.